The van der Waals surface area contributed by atoms with Crippen LogP contribution in [0.1, 0.15) is 36.0 Å². The number of aromatic nitrogens is 1. The summed E-state index contributed by atoms with van der Waals surface area (Å²) >= 11 is 0. The van der Waals surface area contributed by atoms with Crippen LogP contribution in [0.4, 0.5) is 4.39 Å². The maximum atomic E-state index is 13.5. The first-order valence-electron chi connectivity index (χ1n) is 11.4. The molecule has 2 atom stereocenters. The van der Waals surface area contributed by atoms with Gasteiger partial charge in [0.2, 0.25) is 0 Å². The monoisotopic (exact) mass is 432 g/mol. The molecule has 1 saturated carbocycles. The second-order valence-electron chi connectivity index (χ2n) is 9.11. The number of hydrogen-bond donors (Lipinski definition) is 1. The van der Waals surface area contributed by atoms with Crippen molar-refractivity contribution in [1.82, 2.24) is 9.88 Å². The van der Waals surface area contributed by atoms with Gasteiger partial charge in [-0.3, -0.25) is 9.88 Å². The molecule has 2 unspecified atom stereocenters. The number of pyridine rings is 1. The normalized spacial score (nSPS) is 25.4. The first-order chi connectivity index (χ1) is 15.6. The van der Waals surface area contributed by atoms with Crippen molar-refractivity contribution >= 4 is 0 Å². The van der Waals surface area contributed by atoms with Gasteiger partial charge in [0, 0.05) is 55.0 Å². The number of halogens is 1. The summed E-state index contributed by atoms with van der Waals surface area (Å²) < 4.78 is 19.6. The molecular formula is C27H29FN2O2. The number of benzene rings is 2. The Morgan fingerprint density at radius 2 is 1.84 bits per heavy atom. The van der Waals surface area contributed by atoms with E-state index in [1.54, 1.807) is 12.3 Å². The molecular weight excluding hydrogens is 403 g/mol. The van der Waals surface area contributed by atoms with E-state index in [1.807, 2.05) is 42.6 Å². The summed E-state index contributed by atoms with van der Waals surface area (Å²) in [4.78, 5) is 6.72. The maximum Gasteiger partial charge on any atom is 0.124 e. The van der Waals surface area contributed by atoms with Crippen LogP contribution in [0.2, 0.25) is 0 Å². The van der Waals surface area contributed by atoms with E-state index in [0.717, 1.165) is 54.9 Å². The molecule has 2 fully saturated rings. The van der Waals surface area contributed by atoms with Crippen LogP contribution in [-0.4, -0.2) is 28.1 Å². The third-order valence-corrected chi connectivity index (χ3v) is 7.08. The molecule has 2 aliphatic rings. The molecule has 2 bridgehead atoms. The van der Waals surface area contributed by atoms with Crippen LogP contribution < -0.4 is 4.74 Å². The molecule has 5 rings (SSSR count). The summed E-state index contributed by atoms with van der Waals surface area (Å²) in [6.07, 6.45) is 6.81. The Bertz CT molecular complexity index is 1040. The predicted molar refractivity (Wildman–Crippen MR) is 121 cm³/mol. The smallest absolute Gasteiger partial charge is 0.124 e. The summed E-state index contributed by atoms with van der Waals surface area (Å²) in [5.74, 6) is 0.967. The van der Waals surface area contributed by atoms with Gasteiger partial charge < -0.3 is 9.84 Å². The molecule has 2 aromatic carbocycles. The number of fused-ring (bicyclic) bond motifs is 2. The van der Waals surface area contributed by atoms with E-state index >= 15 is 0 Å². The van der Waals surface area contributed by atoms with Crippen molar-refractivity contribution in [3.63, 3.8) is 0 Å². The number of piperidine rings is 1. The lowest BCUT2D eigenvalue weighted by molar-refractivity contribution is -0.148. The van der Waals surface area contributed by atoms with Crippen molar-refractivity contribution in [2.75, 3.05) is 13.1 Å². The fraction of sp³-hybridized carbons (Fsp3) is 0.370. The lowest BCUT2D eigenvalue weighted by Crippen LogP contribution is -2.57. The standard InChI is InChI=1S/C27H29FN2O2/c28-25-11-3-6-20(14-25)19-32-26-12-2-1-7-21(26)16-30-17-23-8-4-9-24(18-30)27(23,31)22-10-5-13-29-15-22/h1-3,5-7,10-15,23-24,31H,4,8-9,16-19H2. The first kappa shape index (κ1) is 21.1. The minimum absolute atomic E-state index is 0.194. The Balaban J connectivity index is 1.31. The van der Waals surface area contributed by atoms with Crippen molar-refractivity contribution in [2.45, 2.75) is 38.0 Å². The highest BCUT2D eigenvalue weighted by Crippen LogP contribution is 2.49. The number of rotatable bonds is 6. The van der Waals surface area contributed by atoms with E-state index in [4.69, 9.17) is 4.74 Å². The fourth-order valence-corrected chi connectivity index (χ4v) is 5.55. The van der Waals surface area contributed by atoms with Crippen LogP contribution in [-0.2, 0) is 18.8 Å². The molecule has 0 amide bonds. The topological polar surface area (TPSA) is 45.6 Å². The molecule has 5 heteroatoms. The predicted octanol–water partition coefficient (Wildman–Crippen LogP) is 4.92. The van der Waals surface area contributed by atoms with Crippen molar-refractivity contribution in [3.05, 3.63) is 95.6 Å². The summed E-state index contributed by atoms with van der Waals surface area (Å²) in [7, 11) is 0. The molecule has 0 spiro atoms. The number of ether oxygens (including phenoxy) is 1. The van der Waals surface area contributed by atoms with Gasteiger partial charge in [-0.05, 0) is 42.7 Å². The number of aliphatic hydroxyl groups is 1. The highest BCUT2D eigenvalue weighted by molar-refractivity contribution is 5.34. The van der Waals surface area contributed by atoms with Crippen molar-refractivity contribution in [1.29, 1.82) is 0 Å². The zero-order valence-electron chi connectivity index (χ0n) is 18.2. The van der Waals surface area contributed by atoms with Crippen LogP contribution in [0.15, 0.2) is 73.1 Å². The lowest BCUT2D eigenvalue weighted by Gasteiger charge is -2.53. The Labute approximate surface area is 188 Å². The molecule has 3 aromatic rings. The quantitative estimate of drug-likeness (QED) is 0.601. The Hall–Kier alpha value is -2.76. The first-order valence-corrected chi connectivity index (χ1v) is 11.4. The third kappa shape index (κ3) is 4.15. The summed E-state index contributed by atoms with van der Waals surface area (Å²) in [5.41, 5.74) is 2.09. The second kappa shape index (κ2) is 9.00. The maximum absolute atomic E-state index is 13.5. The van der Waals surface area contributed by atoms with Crippen molar-refractivity contribution in [3.8, 4) is 5.75 Å². The van der Waals surface area contributed by atoms with Crippen LogP contribution >= 0.6 is 0 Å². The molecule has 1 N–H and O–H groups in total. The van der Waals surface area contributed by atoms with Crippen LogP contribution in [0.5, 0.6) is 5.75 Å². The van der Waals surface area contributed by atoms with Crippen molar-refractivity contribution in [2.24, 2.45) is 11.8 Å². The Morgan fingerprint density at radius 1 is 1.03 bits per heavy atom. The van der Waals surface area contributed by atoms with Gasteiger partial charge in [-0.15, -0.1) is 0 Å². The SMILES string of the molecule is OC1(c2cccnc2)C2CCCC1CN(Cc1ccccc1OCc1cccc(F)c1)C2. The van der Waals surface area contributed by atoms with Gasteiger partial charge >= 0.3 is 0 Å². The number of para-hydroxylation sites is 1. The molecule has 1 aliphatic heterocycles. The van der Waals surface area contributed by atoms with E-state index < -0.39 is 5.60 Å². The molecule has 166 valence electrons. The minimum atomic E-state index is -0.795. The minimum Gasteiger partial charge on any atom is -0.489 e. The number of hydrogen-bond acceptors (Lipinski definition) is 4. The van der Waals surface area contributed by atoms with E-state index in [2.05, 4.69) is 16.0 Å². The highest BCUT2D eigenvalue weighted by Gasteiger charge is 2.51. The molecule has 0 radical (unpaired) electrons. The summed E-state index contributed by atoms with van der Waals surface area (Å²) in [5, 5.41) is 11.8. The van der Waals surface area contributed by atoms with Gasteiger partial charge in [0.05, 0.1) is 5.60 Å². The van der Waals surface area contributed by atoms with Crippen LogP contribution in [0.25, 0.3) is 0 Å². The van der Waals surface area contributed by atoms with Crippen molar-refractivity contribution < 1.29 is 14.2 Å². The molecule has 1 aromatic heterocycles. The van der Waals surface area contributed by atoms with Gasteiger partial charge in [-0.2, -0.15) is 0 Å². The van der Waals surface area contributed by atoms with Crippen LogP contribution in [0.3, 0.4) is 0 Å². The molecule has 2 heterocycles. The zero-order chi connectivity index (χ0) is 22.0. The Morgan fingerprint density at radius 3 is 2.59 bits per heavy atom. The molecule has 1 aliphatic carbocycles. The highest BCUT2D eigenvalue weighted by atomic mass is 19.1. The molecule has 32 heavy (non-hydrogen) atoms. The van der Waals surface area contributed by atoms with Gasteiger partial charge in [0.25, 0.3) is 0 Å². The molecule has 4 nitrogen and oxygen atoms in total. The van der Waals surface area contributed by atoms with Gasteiger partial charge in [-0.25, -0.2) is 4.39 Å². The van der Waals surface area contributed by atoms with E-state index in [1.165, 1.54) is 18.6 Å². The molecule has 1 saturated heterocycles. The van der Waals surface area contributed by atoms with E-state index in [9.17, 15) is 9.50 Å². The van der Waals surface area contributed by atoms with E-state index in [0.29, 0.717) is 6.61 Å². The summed E-state index contributed by atoms with van der Waals surface area (Å²) in [6.45, 7) is 2.80. The average Bonchev–Trinajstić information content (AvgIpc) is 2.80. The van der Waals surface area contributed by atoms with Gasteiger partial charge in [0.1, 0.15) is 18.2 Å². The number of likely N-dealkylation sites (tertiary alicyclic amines) is 1. The second-order valence-corrected chi connectivity index (χ2v) is 9.11. The van der Waals surface area contributed by atoms with Gasteiger partial charge in [-0.1, -0.05) is 42.8 Å². The lowest BCUT2D eigenvalue weighted by atomic mass is 9.63. The third-order valence-electron chi connectivity index (χ3n) is 7.08. The van der Waals surface area contributed by atoms with Crippen LogP contribution in [0, 0.1) is 17.7 Å². The summed E-state index contributed by atoms with van der Waals surface area (Å²) in [6, 6.07) is 18.5. The largest absolute Gasteiger partial charge is 0.489 e. The average molecular weight is 433 g/mol. The zero-order valence-corrected chi connectivity index (χ0v) is 18.2. The fourth-order valence-electron chi connectivity index (χ4n) is 5.55. The van der Waals surface area contributed by atoms with Gasteiger partial charge in [0.15, 0.2) is 0 Å². The number of nitrogens with zero attached hydrogens (tertiary/aromatic N) is 2. The van der Waals surface area contributed by atoms with E-state index in [-0.39, 0.29) is 17.7 Å². The Kier molecular flexibility index (Phi) is 5.94.